The van der Waals surface area contributed by atoms with Crippen LogP contribution in [0.15, 0.2) is 60.7 Å². The average Bonchev–Trinajstić information content (AvgIpc) is 2.87. The number of para-hydroxylation sites is 1. The lowest BCUT2D eigenvalue weighted by atomic mass is 9.81. The third-order valence-corrected chi connectivity index (χ3v) is 6.39. The number of fused-ring (bicyclic) bond motifs is 2. The summed E-state index contributed by atoms with van der Waals surface area (Å²) in [4.78, 5) is 31.3. The van der Waals surface area contributed by atoms with Gasteiger partial charge in [-0.05, 0) is 18.2 Å². The van der Waals surface area contributed by atoms with E-state index in [1.165, 1.54) is 5.69 Å². The van der Waals surface area contributed by atoms with Crippen LogP contribution in [-0.2, 0) is 0 Å². The van der Waals surface area contributed by atoms with Gasteiger partial charge in [0.1, 0.15) is 0 Å². The molecule has 1 saturated heterocycles. The molecule has 0 aromatic heterocycles. The summed E-state index contributed by atoms with van der Waals surface area (Å²) in [6.45, 7) is 3.26. The molecule has 3 aromatic carbocycles. The van der Waals surface area contributed by atoms with Gasteiger partial charge in [-0.3, -0.25) is 9.59 Å². The van der Waals surface area contributed by atoms with E-state index >= 15 is 0 Å². The highest BCUT2D eigenvalue weighted by Crippen LogP contribution is 2.41. The molecular weight excluding hydrogens is 416 g/mol. The lowest BCUT2D eigenvalue weighted by molar-refractivity contribution is 0.0980. The van der Waals surface area contributed by atoms with Crippen molar-refractivity contribution in [3.8, 4) is 0 Å². The number of nitrogens with two attached hydrogens (primary N) is 1. The first-order valence-electron chi connectivity index (χ1n) is 11.1. The number of hydrogen-bond donors (Lipinski definition) is 3. The van der Waals surface area contributed by atoms with Gasteiger partial charge in [-0.25, -0.2) is 0 Å². The van der Waals surface area contributed by atoms with Crippen molar-refractivity contribution in [3.63, 3.8) is 0 Å². The highest BCUT2D eigenvalue weighted by atomic mass is 16.3. The zero-order valence-electron chi connectivity index (χ0n) is 18.3. The number of ketones is 2. The normalized spacial score (nSPS) is 15.3. The van der Waals surface area contributed by atoms with Crippen LogP contribution >= 0.6 is 0 Å². The Hall–Kier alpha value is -3.84. The number of aliphatic hydroxyl groups is 1. The van der Waals surface area contributed by atoms with Crippen LogP contribution < -0.4 is 20.9 Å². The van der Waals surface area contributed by atoms with Gasteiger partial charge in [0.25, 0.3) is 0 Å². The molecule has 33 heavy (non-hydrogen) atoms. The second kappa shape index (κ2) is 8.60. The van der Waals surface area contributed by atoms with E-state index in [1.807, 2.05) is 24.3 Å². The molecular formula is C26H26N4O3. The van der Waals surface area contributed by atoms with Crippen LogP contribution in [0.3, 0.4) is 0 Å². The number of hydrogen-bond acceptors (Lipinski definition) is 7. The SMILES string of the molecule is Nc1c(N2CCN(c3ccccc3)CC2)cc(NCCO)c2c1C(=O)c1ccccc1C2=O. The summed E-state index contributed by atoms with van der Waals surface area (Å²) in [5.74, 6) is -0.470. The van der Waals surface area contributed by atoms with Gasteiger partial charge in [0.05, 0.1) is 29.1 Å². The number of nitrogen functional groups attached to an aromatic ring is 1. The average molecular weight is 443 g/mol. The van der Waals surface area contributed by atoms with Gasteiger partial charge in [-0.2, -0.15) is 0 Å². The molecule has 0 bridgehead atoms. The van der Waals surface area contributed by atoms with E-state index in [0.717, 1.165) is 31.9 Å². The maximum atomic E-state index is 13.4. The summed E-state index contributed by atoms with van der Waals surface area (Å²) < 4.78 is 0. The molecule has 3 aromatic rings. The fourth-order valence-corrected chi connectivity index (χ4v) is 4.74. The van der Waals surface area contributed by atoms with Crippen molar-refractivity contribution in [2.75, 3.05) is 60.2 Å². The van der Waals surface area contributed by atoms with Gasteiger partial charge in [0.15, 0.2) is 11.6 Å². The zero-order valence-corrected chi connectivity index (χ0v) is 18.3. The quantitative estimate of drug-likeness (QED) is 0.409. The molecule has 7 heteroatoms. The first-order valence-corrected chi connectivity index (χ1v) is 11.1. The standard InChI is InChI=1S/C26H26N4O3/c27-24-21(30-13-11-29(12-14-30)17-6-2-1-3-7-17)16-20(28-10-15-31)22-23(24)26(33)19-9-5-4-8-18(19)25(22)32/h1-9,16,28,31H,10-15,27H2. The molecule has 0 spiro atoms. The van der Waals surface area contributed by atoms with Gasteiger partial charge in [-0.15, -0.1) is 0 Å². The van der Waals surface area contributed by atoms with Gasteiger partial charge in [0.2, 0.25) is 0 Å². The molecule has 1 aliphatic carbocycles. The highest BCUT2D eigenvalue weighted by molar-refractivity contribution is 6.32. The molecule has 1 fully saturated rings. The maximum Gasteiger partial charge on any atom is 0.196 e. The minimum absolute atomic E-state index is 0.0943. The van der Waals surface area contributed by atoms with Gasteiger partial charge in [-0.1, -0.05) is 42.5 Å². The highest BCUT2D eigenvalue weighted by Gasteiger charge is 2.35. The number of nitrogens with zero attached hydrogens (tertiary/aromatic N) is 2. The van der Waals surface area contributed by atoms with Crippen molar-refractivity contribution in [1.29, 1.82) is 0 Å². The number of carbonyl (C=O) groups excluding carboxylic acids is 2. The van der Waals surface area contributed by atoms with Crippen LogP contribution in [0.4, 0.5) is 22.7 Å². The van der Waals surface area contributed by atoms with Gasteiger partial charge in [0, 0.05) is 55.2 Å². The van der Waals surface area contributed by atoms with Crippen LogP contribution in [0.5, 0.6) is 0 Å². The molecule has 0 radical (unpaired) electrons. The fourth-order valence-electron chi connectivity index (χ4n) is 4.74. The van der Waals surface area contributed by atoms with Gasteiger partial charge >= 0.3 is 0 Å². The lowest BCUT2D eigenvalue weighted by Crippen LogP contribution is -2.47. The molecule has 0 saturated carbocycles. The predicted molar refractivity (Wildman–Crippen MR) is 131 cm³/mol. The van der Waals surface area contributed by atoms with Crippen molar-refractivity contribution in [3.05, 3.63) is 82.9 Å². The molecule has 5 rings (SSSR count). The second-order valence-electron chi connectivity index (χ2n) is 8.27. The fraction of sp³-hybridized carbons (Fsp3) is 0.231. The van der Waals surface area contributed by atoms with Gasteiger partial charge < -0.3 is 26.0 Å². The van der Waals surface area contributed by atoms with Crippen molar-refractivity contribution >= 4 is 34.3 Å². The van der Waals surface area contributed by atoms with E-state index < -0.39 is 0 Å². The number of nitrogens with one attached hydrogen (secondary N) is 1. The Balaban J connectivity index is 1.53. The Morgan fingerprint density at radius 1 is 0.818 bits per heavy atom. The van der Waals surface area contributed by atoms with Crippen LogP contribution in [0, 0.1) is 0 Å². The minimum Gasteiger partial charge on any atom is -0.396 e. The van der Waals surface area contributed by atoms with Crippen molar-refractivity contribution < 1.29 is 14.7 Å². The number of benzene rings is 3. The van der Waals surface area contributed by atoms with E-state index in [4.69, 9.17) is 5.73 Å². The van der Waals surface area contributed by atoms with E-state index in [0.29, 0.717) is 22.5 Å². The molecule has 1 aliphatic heterocycles. The third kappa shape index (κ3) is 3.60. The van der Waals surface area contributed by atoms with Crippen LogP contribution in [0.25, 0.3) is 0 Å². The molecule has 1 heterocycles. The smallest absolute Gasteiger partial charge is 0.196 e. The molecule has 7 nitrogen and oxygen atoms in total. The first kappa shape index (κ1) is 21.0. The second-order valence-corrected chi connectivity index (χ2v) is 8.27. The topological polar surface area (TPSA) is 98.9 Å². The molecule has 0 amide bonds. The van der Waals surface area contributed by atoms with Crippen LogP contribution in [-0.4, -0.2) is 56.0 Å². The maximum absolute atomic E-state index is 13.4. The summed E-state index contributed by atoms with van der Waals surface area (Å²) in [5, 5.41) is 12.5. The van der Waals surface area contributed by atoms with E-state index in [2.05, 4.69) is 27.2 Å². The number of rotatable bonds is 5. The van der Waals surface area contributed by atoms with Crippen molar-refractivity contribution in [2.45, 2.75) is 0 Å². The predicted octanol–water partition coefficient (Wildman–Crippen LogP) is 2.78. The molecule has 0 unspecified atom stereocenters. The Kier molecular flexibility index (Phi) is 5.48. The lowest BCUT2D eigenvalue weighted by Gasteiger charge is -2.38. The summed E-state index contributed by atoms with van der Waals surface area (Å²) in [6.07, 6.45) is 0. The number of anilines is 4. The third-order valence-electron chi connectivity index (χ3n) is 6.39. The molecule has 0 atom stereocenters. The van der Waals surface area contributed by atoms with E-state index in [9.17, 15) is 14.7 Å². The molecule has 2 aliphatic rings. The summed E-state index contributed by atoms with van der Waals surface area (Å²) in [7, 11) is 0. The Morgan fingerprint density at radius 2 is 1.39 bits per heavy atom. The van der Waals surface area contributed by atoms with E-state index in [-0.39, 0.29) is 35.8 Å². The zero-order chi connectivity index (χ0) is 22.9. The number of aliphatic hydroxyl groups excluding tert-OH is 1. The summed E-state index contributed by atoms with van der Waals surface area (Å²) in [6, 6.07) is 19.0. The van der Waals surface area contributed by atoms with E-state index in [1.54, 1.807) is 24.3 Å². The molecule has 168 valence electrons. The first-order chi connectivity index (χ1) is 16.1. The number of carbonyl (C=O) groups is 2. The monoisotopic (exact) mass is 442 g/mol. The largest absolute Gasteiger partial charge is 0.396 e. The Bertz CT molecular complexity index is 1220. The summed E-state index contributed by atoms with van der Waals surface area (Å²) in [5.41, 5.74) is 10.7. The Morgan fingerprint density at radius 3 is 2.03 bits per heavy atom. The van der Waals surface area contributed by atoms with Crippen LogP contribution in [0.1, 0.15) is 31.8 Å². The Labute approximate surface area is 192 Å². The summed E-state index contributed by atoms with van der Waals surface area (Å²) >= 11 is 0. The minimum atomic E-state index is -0.241. The van der Waals surface area contributed by atoms with Crippen molar-refractivity contribution in [1.82, 2.24) is 0 Å². The molecule has 4 N–H and O–H groups in total. The van der Waals surface area contributed by atoms with Crippen molar-refractivity contribution in [2.24, 2.45) is 0 Å². The van der Waals surface area contributed by atoms with Crippen LogP contribution in [0.2, 0.25) is 0 Å². The number of piperazine rings is 1.